The normalized spacial score (nSPS) is 10.9. The number of nitrogens with zero attached hydrogens (tertiary/aromatic N) is 2. The molecule has 0 N–H and O–H groups in total. The van der Waals surface area contributed by atoms with Crippen LogP contribution in [0.5, 0.6) is 0 Å². The van der Waals surface area contributed by atoms with E-state index in [4.69, 9.17) is 11.6 Å². The molecule has 0 bridgehead atoms. The van der Waals surface area contributed by atoms with E-state index < -0.39 is 0 Å². The lowest BCUT2D eigenvalue weighted by molar-refractivity contribution is 0.0985. The maximum Gasteiger partial charge on any atom is 0.261 e. The van der Waals surface area contributed by atoms with Crippen molar-refractivity contribution >= 4 is 44.2 Å². The molecule has 6 heteroatoms. The number of halogens is 2. The SMILES string of the molecule is O=C(c1ccccc1Cl)N(Cc1ccccc1)c1nc2ccc(F)cc2s1. The van der Waals surface area contributed by atoms with Gasteiger partial charge >= 0.3 is 0 Å². The van der Waals surface area contributed by atoms with Gasteiger partial charge in [0.2, 0.25) is 0 Å². The van der Waals surface area contributed by atoms with Crippen LogP contribution >= 0.6 is 22.9 Å². The highest BCUT2D eigenvalue weighted by Gasteiger charge is 2.23. The fourth-order valence-electron chi connectivity index (χ4n) is 2.77. The monoisotopic (exact) mass is 396 g/mol. The molecule has 0 saturated carbocycles. The Labute approximate surface area is 164 Å². The zero-order valence-electron chi connectivity index (χ0n) is 14.1. The third-order valence-electron chi connectivity index (χ3n) is 4.10. The summed E-state index contributed by atoms with van der Waals surface area (Å²) < 4.78 is 14.2. The highest BCUT2D eigenvalue weighted by atomic mass is 35.5. The van der Waals surface area contributed by atoms with Gasteiger partial charge in [0.1, 0.15) is 5.82 Å². The first kappa shape index (κ1) is 17.6. The molecule has 1 aromatic heterocycles. The van der Waals surface area contributed by atoms with Gasteiger partial charge < -0.3 is 0 Å². The van der Waals surface area contributed by atoms with Gasteiger partial charge in [-0.2, -0.15) is 0 Å². The van der Waals surface area contributed by atoms with Gasteiger partial charge in [0.05, 0.1) is 27.3 Å². The first-order valence-corrected chi connectivity index (χ1v) is 9.48. The molecule has 0 aliphatic carbocycles. The van der Waals surface area contributed by atoms with Gasteiger partial charge in [-0.25, -0.2) is 9.37 Å². The number of amides is 1. The lowest BCUT2D eigenvalue weighted by Gasteiger charge is -2.20. The van der Waals surface area contributed by atoms with E-state index in [-0.39, 0.29) is 11.7 Å². The number of hydrogen-bond donors (Lipinski definition) is 0. The maximum absolute atomic E-state index is 13.6. The van der Waals surface area contributed by atoms with Gasteiger partial charge in [-0.1, -0.05) is 65.4 Å². The molecule has 0 atom stereocenters. The summed E-state index contributed by atoms with van der Waals surface area (Å²) in [5, 5.41) is 0.886. The molecule has 3 nitrogen and oxygen atoms in total. The molecule has 0 fully saturated rings. The number of hydrogen-bond acceptors (Lipinski definition) is 3. The number of anilines is 1. The first-order valence-electron chi connectivity index (χ1n) is 8.28. The second-order valence-corrected chi connectivity index (χ2v) is 7.38. The van der Waals surface area contributed by atoms with Crippen LogP contribution in [0.4, 0.5) is 9.52 Å². The van der Waals surface area contributed by atoms with Crippen LogP contribution < -0.4 is 4.90 Å². The second kappa shape index (κ2) is 7.47. The molecule has 134 valence electrons. The zero-order chi connectivity index (χ0) is 18.8. The summed E-state index contributed by atoms with van der Waals surface area (Å²) in [5.41, 5.74) is 2.02. The Morgan fingerprint density at radius 2 is 1.78 bits per heavy atom. The first-order chi connectivity index (χ1) is 13.1. The Balaban J connectivity index is 1.79. The van der Waals surface area contributed by atoms with Crippen LogP contribution in [0.1, 0.15) is 15.9 Å². The minimum atomic E-state index is -0.329. The van der Waals surface area contributed by atoms with Crippen molar-refractivity contribution in [3.8, 4) is 0 Å². The van der Waals surface area contributed by atoms with Crippen molar-refractivity contribution in [2.75, 3.05) is 4.90 Å². The van der Waals surface area contributed by atoms with E-state index in [9.17, 15) is 9.18 Å². The molecule has 4 aromatic rings. The molecular weight excluding hydrogens is 383 g/mol. The van der Waals surface area contributed by atoms with Crippen LogP contribution in [-0.2, 0) is 6.54 Å². The van der Waals surface area contributed by atoms with Crippen molar-refractivity contribution in [2.45, 2.75) is 6.54 Å². The lowest BCUT2D eigenvalue weighted by Crippen LogP contribution is -2.30. The van der Waals surface area contributed by atoms with Crippen molar-refractivity contribution in [1.82, 2.24) is 4.98 Å². The van der Waals surface area contributed by atoms with Crippen LogP contribution in [0.15, 0.2) is 72.8 Å². The van der Waals surface area contributed by atoms with E-state index >= 15 is 0 Å². The summed E-state index contributed by atoms with van der Waals surface area (Å²) in [5.74, 6) is -0.575. The van der Waals surface area contributed by atoms with Crippen molar-refractivity contribution in [3.05, 3.63) is 94.8 Å². The van der Waals surface area contributed by atoms with E-state index in [1.807, 2.05) is 30.3 Å². The van der Waals surface area contributed by atoms with Crippen LogP contribution in [0.25, 0.3) is 10.2 Å². The lowest BCUT2D eigenvalue weighted by atomic mass is 10.1. The number of benzene rings is 3. The Kier molecular flexibility index (Phi) is 4.88. The van der Waals surface area contributed by atoms with Crippen LogP contribution in [-0.4, -0.2) is 10.9 Å². The minimum absolute atomic E-state index is 0.246. The highest BCUT2D eigenvalue weighted by Crippen LogP contribution is 2.32. The van der Waals surface area contributed by atoms with Crippen LogP contribution in [0, 0.1) is 5.82 Å². The quantitative estimate of drug-likeness (QED) is 0.428. The molecule has 3 aromatic carbocycles. The summed E-state index contributed by atoms with van der Waals surface area (Å²) >= 11 is 7.52. The van der Waals surface area contributed by atoms with E-state index in [2.05, 4.69) is 4.98 Å². The Bertz CT molecular complexity index is 1110. The molecule has 0 aliphatic heterocycles. The molecule has 1 heterocycles. The molecule has 0 saturated heterocycles. The molecular formula is C21H14ClFN2OS. The third-order valence-corrected chi connectivity index (χ3v) is 5.47. The van der Waals surface area contributed by atoms with E-state index in [0.717, 1.165) is 5.56 Å². The molecule has 0 spiro atoms. The molecule has 0 unspecified atom stereocenters. The summed E-state index contributed by atoms with van der Waals surface area (Å²) in [6.07, 6.45) is 0. The van der Waals surface area contributed by atoms with Crippen molar-refractivity contribution in [2.24, 2.45) is 0 Å². The molecule has 1 amide bonds. The van der Waals surface area contributed by atoms with E-state index in [1.54, 1.807) is 35.2 Å². The smallest absolute Gasteiger partial charge is 0.261 e. The van der Waals surface area contributed by atoms with Gasteiger partial charge in [0, 0.05) is 0 Å². The molecule has 4 rings (SSSR count). The minimum Gasteiger partial charge on any atom is -0.279 e. The molecule has 0 aliphatic rings. The zero-order valence-corrected chi connectivity index (χ0v) is 15.7. The van der Waals surface area contributed by atoms with Gasteiger partial charge in [-0.3, -0.25) is 9.69 Å². The topological polar surface area (TPSA) is 33.2 Å². The highest BCUT2D eigenvalue weighted by molar-refractivity contribution is 7.22. The number of aromatic nitrogens is 1. The number of fused-ring (bicyclic) bond motifs is 1. The average Bonchev–Trinajstić information content (AvgIpc) is 3.09. The fraction of sp³-hybridized carbons (Fsp3) is 0.0476. The van der Waals surface area contributed by atoms with Crippen molar-refractivity contribution in [3.63, 3.8) is 0 Å². The summed E-state index contributed by atoms with van der Waals surface area (Å²) in [4.78, 5) is 19.4. The van der Waals surface area contributed by atoms with E-state index in [0.29, 0.717) is 32.5 Å². The van der Waals surface area contributed by atoms with Gasteiger partial charge in [0.25, 0.3) is 5.91 Å². The second-order valence-electron chi connectivity index (χ2n) is 5.97. The van der Waals surface area contributed by atoms with Crippen molar-refractivity contribution in [1.29, 1.82) is 0 Å². The molecule has 27 heavy (non-hydrogen) atoms. The number of carbonyl (C=O) groups excluding carboxylic acids is 1. The average molecular weight is 397 g/mol. The van der Waals surface area contributed by atoms with Gasteiger partial charge in [0.15, 0.2) is 5.13 Å². The number of rotatable bonds is 4. The van der Waals surface area contributed by atoms with Gasteiger partial charge in [-0.15, -0.1) is 0 Å². The standard InChI is InChI=1S/C21H14ClFN2OS/c22-17-9-5-4-8-16(17)20(26)25(13-14-6-2-1-3-7-14)21-24-18-11-10-15(23)12-19(18)27-21/h1-12H,13H2. The maximum atomic E-state index is 13.6. The predicted molar refractivity (Wildman–Crippen MR) is 108 cm³/mol. The Hall–Kier alpha value is -2.76. The van der Waals surface area contributed by atoms with Gasteiger partial charge in [-0.05, 0) is 35.9 Å². The Morgan fingerprint density at radius 3 is 2.56 bits per heavy atom. The third kappa shape index (κ3) is 3.70. The summed E-state index contributed by atoms with van der Waals surface area (Å²) in [6.45, 7) is 0.340. The van der Waals surface area contributed by atoms with Crippen molar-refractivity contribution < 1.29 is 9.18 Å². The number of thiazole rings is 1. The Morgan fingerprint density at radius 1 is 1.04 bits per heavy atom. The van der Waals surface area contributed by atoms with E-state index in [1.165, 1.54) is 23.5 Å². The summed E-state index contributed by atoms with van der Waals surface area (Å²) in [6, 6.07) is 21.0. The predicted octanol–water partition coefficient (Wildman–Crippen LogP) is 5.94. The molecule has 0 radical (unpaired) electrons. The van der Waals surface area contributed by atoms with Crippen LogP contribution in [0.2, 0.25) is 5.02 Å². The fourth-order valence-corrected chi connectivity index (χ4v) is 3.98. The summed E-state index contributed by atoms with van der Waals surface area (Å²) in [7, 11) is 0. The number of carbonyl (C=O) groups is 1. The van der Waals surface area contributed by atoms with Crippen LogP contribution in [0.3, 0.4) is 0 Å². The largest absolute Gasteiger partial charge is 0.279 e.